The molecule has 0 aromatic heterocycles. The van der Waals surface area contributed by atoms with Gasteiger partial charge < -0.3 is 10.6 Å². The fourth-order valence-electron chi connectivity index (χ4n) is 3.92. The predicted molar refractivity (Wildman–Crippen MR) is 113 cm³/mol. The van der Waals surface area contributed by atoms with Gasteiger partial charge in [-0.05, 0) is 42.4 Å². The summed E-state index contributed by atoms with van der Waals surface area (Å²) in [5, 5.41) is 0. The van der Waals surface area contributed by atoms with E-state index in [0.717, 1.165) is 24.8 Å². The quantitative estimate of drug-likeness (QED) is 0.799. The van der Waals surface area contributed by atoms with E-state index in [-0.39, 0.29) is 35.7 Å². The first kappa shape index (κ1) is 23.1. The first-order chi connectivity index (χ1) is 12.6. The number of sulfonamides is 1. The molecule has 0 spiro atoms. The Morgan fingerprint density at radius 3 is 2.07 bits per heavy atom. The molecule has 1 aliphatic carbocycles. The van der Waals surface area contributed by atoms with Crippen molar-refractivity contribution in [3.8, 4) is 0 Å². The second-order valence-corrected chi connectivity index (χ2v) is 10.7. The number of hydrogen-bond donors (Lipinski definition) is 1. The molecule has 2 fully saturated rings. The predicted octanol–water partition coefficient (Wildman–Crippen LogP) is 2.37. The maximum Gasteiger partial charge on any atom is 0.243 e. The molecular weight excluding hydrogens is 398 g/mol. The molecule has 158 valence electrons. The van der Waals surface area contributed by atoms with Crippen LogP contribution in [0, 0.1) is 5.92 Å². The summed E-state index contributed by atoms with van der Waals surface area (Å²) in [4.78, 5) is 14.7. The summed E-state index contributed by atoms with van der Waals surface area (Å²) in [6, 6.07) is 7.27. The molecule has 1 aliphatic heterocycles. The highest BCUT2D eigenvalue weighted by molar-refractivity contribution is 7.89. The topological polar surface area (TPSA) is 83.7 Å². The largest absolute Gasteiger partial charge is 0.340 e. The first-order valence-electron chi connectivity index (χ1n) is 9.74. The third-order valence-electron chi connectivity index (χ3n) is 5.73. The van der Waals surface area contributed by atoms with Gasteiger partial charge in [-0.15, -0.1) is 12.4 Å². The zero-order chi connectivity index (χ0) is 19.8. The number of nitrogens with zero attached hydrogens (tertiary/aromatic N) is 2. The molecule has 28 heavy (non-hydrogen) atoms. The van der Waals surface area contributed by atoms with Gasteiger partial charge >= 0.3 is 0 Å². The molecule has 0 radical (unpaired) electrons. The highest BCUT2D eigenvalue weighted by Gasteiger charge is 2.35. The Bertz CT molecular complexity index is 782. The van der Waals surface area contributed by atoms with Crippen molar-refractivity contribution in [2.24, 2.45) is 11.7 Å². The van der Waals surface area contributed by atoms with Crippen molar-refractivity contribution in [3.05, 3.63) is 29.8 Å². The number of nitrogens with two attached hydrogens (primary N) is 1. The highest BCUT2D eigenvalue weighted by Crippen LogP contribution is 2.28. The third kappa shape index (κ3) is 4.87. The fraction of sp³-hybridized carbons (Fsp3) is 0.650. The first-order valence-corrected chi connectivity index (χ1v) is 11.2. The molecule has 1 amide bonds. The van der Waals surface area contributed by atoms with Crippen LogP contribution >= 0.6 is 12.4 Å². The van der Waals surface area contributed by atoms with Gasteiger partial charge in [0.15, 0.2) is 0 Å². The van der Waals surface area contributed by atoms with Gasteiger partial charge in [-0.25, -0.2) is 8.42 Å². The number of amides is 1. The van der Waals surface area contributed by atoms with Crippen LogP contribution in [-0.4, -0.2) is 55.8 Å². The highest BCUT2D eigenvalue weighted by atomic mass is 35.5. The number of carbonyl (C=O) groups is 1. The molecule has 3 rings (SSSR count). The molecule has 0 bridgehead atoms. The van der Waals surface area contributed by atoms with Crippen molar-refractivity contribution >= 4 is 28.3 Å². The normalized spacial score (nSPS) is 24.1. The van der Waals surface area contributed by atoms with Gasteiger partial charge in [0.05, 0.1) is 4.90 Å². The maximum absolute atomic E-state index is 12.9. The van der Waals surface area contributed by atoms with Gasteiger partial charge in [0.1, 0.15) is 0 Å². The van der Waals surface area contributed by atoms with Gasteiger partial charge in [-0.1, -0.05) is 32.9 Å². The lowest BCUT2D eigenvalue weighted by atomic mass is 9.87. The summed E-state index contributed by atoms with van der Waals surface area (Å²) in [7, 11) is -3.53. The van der Waals surface area contributed by atoms with Gasteiger partial charge in [-0.2, -0.15) is 4.31 Å². The number of hydrogen-bond acceptors (Lipinski definition) is 4. The van der Waals surface area contributed by atoms with Crippen molar-refractivity contribution in [1.82, 2.24) is 9.21 Å². The number of benzene rings is 1. The van der Waals surface area contributed by atoms with E-state index in [9.17, 15) is 13.2 Å². The van der Waals surface area contributed by atoms with Crippen LogP contribution in [-0.2, 0) is 20.2 Å². The lowest BCUT2D eigenvalue weighted by Crippen LogP contribution is -2.51. The number of halogens is 1. The lowest BCUT2D eigenvalue weighted by Gasteiger charge is -2.35. The Hall–Kier alpha value is -1.15. The van der Waals surface area contributed by atoms with Crippen molar-refractivity contribution in [3.63, 3.8) is 0 Å². The smallest absolute Gasteiger partial charge is 0.243 e. The van der Waals surface area contributed by atoms with Gasteiger partial charge in [0.25, 0.3) is 0 Å². The van der Waals surface area contributed by atoms with E-state index >= 15 is 0 Å². The summed E-state index contributed by atoms with van der Waals surface area (Å²) in [6.45, 7) is 7.88. The Kier molecular flexibility index (Phi) is 7.18. The molecule has 8 heteroatoms. The monoisotopic (exact) mass is 429 g/mol. The van der Waals surface area contributed by atoms with Gasteiger partial charge in [-0.3, -0.25) is 4.79 Å². The zero-order valence-corrected chi connectivity index (χ0v) is 18.6. The van der Waals surface area contributed by atoms with Gasteiger partial charge in [0, 0.05) is 38.1 Å². The summed E-state index contributed by atoms with van der Waals surface area (Å²) in [5.74, 6) is 0.141. The third-order valence-corrected chi connectivity index (χ3v) is 7.64. The van der Waals surface area contributed by atoms with E-state index in [1.165, 1.54) is 4.31 Å². The van der Waals surface area contributed by atoms with Crippen molar-refractivity contribution in [2.75, 3.05) is 26.2 Å². The Morgan fingerprint density at radius 1 is 1.04 bits per heavy atom. The molecule has 1 saturated carbocycles. The summed E-state index contributed by atoms with van der Waals surface area (Å²) in [5.41, 5.74) is 7.00. The van der Waals surface area contributed by atoms with E-state index in [1.54, 1.807) is 17.0 Å². The molecule has 1 saturated heterocycles. The molecule has 2 N–H and O–H groups in total. The van der Waals surface area contributed by atoms with Crippen LogP contribution in [0.15, 0.2) is 29.2 Å². The second kappa shape index (κ2) is 8.69. The van der Waals surface area contributed by atoms with Crippen LogP contribution in [0.3, 0.4) is 0 Å². The number of rotatable bonds is 3. The summed E-state index contributed by atoms with van der Waals surface area (Å²) >= 11 is 0. The summed E-state index contributed by atoms with van der Waals surface area (Å²) in [6.07, 6.45) is 2.49. The molecular formula is C20H32ClN3O3S. The van der Waals surface area contributed by atoms with E-state index in [2.05, 4.69) is 20.8 Å². The molecule has 2 atom stereocenters. The molecule has 6 nitrogen and oxygen atoms in total. The fourth-order valence-corrected chi connectivity index (χ4v) is 5.35. The summed E-state index contributed by atoms with van der Waals surface area (Å²) < 4.78 is 27.3. The van der Waals surface area contributed by atoms with Crippen LogP contribution in [0.5, 0.6) is 0 Å². The SMILES string of the molecule is CC(C)(C)c1ccc(S(=O)(=O)N2CCN(C(=O)C3CCC(N)C3)CC2)cc1.Cl. The second-order valence-electron chi connectivity index (χ2n) is 8.77. The van der Waals surface area contributed by atoms with E-state index in [4.69, 9.17) is 5.73 Å². The van der Waals surface area contributed by atoms with E-state index in [0.29, 0.717) is 31.1 Å². The van der Waals surface area contributed by atoms with Crippen molar-refractivity contribution in [2.45, 2.75) is 56.4 Å². The minimum Gasteiger partial charge on any atom is -0.340 e. The van der Waals surface area contributed by atoms with Crippen LogP contribution in [0.2, 0.25) is 0 Å². The number of carbonyl (C=O) groups excluding carboxylic acids is 1. The Labute approximate surface area is 174 Å². The molecule has 1 aromatic carbocycles. The minimum absolute atomic E-state index is 0. The molecule has 1 heterocycles. The van der Waals surface area contributed by atoms with Crippen molar-refractivity contribution in [1.29, 1.82) is 0 Å². The molecule has 2 unspecified atom stereocenters. The maximum atomic E-state index is 12.9. The van der Waals surface area contributed by atoms with Crippen molar-refractivity contribution < 1.29 is 13.2 Å². The van der Waals surface area contributed by atoms with E-state index < -0.39 is 10.0 Å². The zero-order valence-electron chi connectivity index (χ0n) is 16.9. The average molecular weight is 430 g/mol. The van der Waals surface area contributed by atoms with E-state index in [1.807, 2.05) is 12.1 Å². The van der Waals surface area contributed by atoms with Crippen LogP contribution in [0.25, 0.3) is 0 Å². The van der Waals surface area contributed by atoms with Crippen LogP contribution < -0.4 is 5.73 Å². The Balaban J connectivity index is 0.00000280. The van der Waals surface area contributed by atoms with Crippen LogP contribution in [0.4, 0.5) is 0 Å². The lowest BCUT2D eigenvalue weighted by molar-refractivity contribution is -0.136. The number of piperazine rings is 1. The van der Waals surface area contributed by atoms with Crippen LogP contribution in [0.1, 0.15) is 45.6 Å². The average Bonchev–Trinajstić information content (AvgIpc) is 3.07. The van der Waals surface area contributed by atoms with Gasteiger partial charge in [0.2, 0.25) is 15.9 Å². The minimum atomic E-state index is -3.53. The Morgan fingerprint density at radius 2 is 1.61 bits per heavy atom. The molecule has 2 aliphatic rings. The standard InChI is InChI=1S/C20H31N3O3S.ClH/c1-20(2,3)16-5-8-18(9-6-16)27(25,26)23-12-10-22(11-13-23)19(24)15-4-7-17(21)14-15;/h5-6,8-9,15,17H,4,7,10-14,21H2,1-3H3;1H. The molecule has 1 aromatic rings.